The van der Waals surface area contributed by atoms with Gasteiger partial charge in [-0.05, 0) is 18.4 Å². The summed E-state index contributed by atoms with van der Waals surface area (Å²) in [5.74, 6) is 0. The van der Waals surface area contributed by atoms with Crippen molar-refractivity contribution in [2.24, 2.45) is 0 Å². The van der Waals surface area contributed by atoms with Gasteiger partial charge in [-0.25, -0.2) is 0 Å². The molecule has 1 aromatic rings. The van der Waals surface area contributed by atoms with Crippen LogP contribution in [0.2, 0.25) is 0 Å². The Bertz CT molecular complexity index is 215. The molecular formula is C9H13NOS. The van der Waals surface area contributed by atoms with Gasteiger partial charge < -0.3 is 4.74 Å². The van der Waals surface area contributed by atoms with E-state index < -0.39 is 0 Å². The number of ether oxygens (including phenoxy) is 1. The summed E-state index contributed by atoms with van der Waals surface area (Å²) in [6.07, 6.45) is 3.88. The van der Waals surface area contributed by atoms with Crippen molar-refractivity contribution in [2.45, 2.75) is 5.25 Å². The molecule has 0 bridgehead atoms. The van der Waals surface area contributed by atoms with Crippen molar-refractivity contribution >= 4 is 11.8 Å². The highest BCUT2D eigenvalue weighted by atomic mass is 32.2. The Kier molecular flexibility index (Phi) is 4.11. The topological polar surface area (TPSA) is 22.1 Å². The maximum Gasteiger partial charge on any atom is 0.0700 e. The number of pyridine rings is 1. The fraction of sp³-hybridized carbons (Fsp3) is 0.444. The first-order chi connectivity index (χ1) is 5.88. The zero-order chi connectivity index (χ0) is 8.81. The van der Waals surface area contributed by atoms with Gasteiger partial charge in [0.15, 0.2) is 0 Å². The zero-order valence-corrected chi connectivity index (χ0v) is 8.17. The highest BCUT2D eigenvalue weighted by Crippen LogP contribution is 2.24. The van der Waals surface area contributed by atoms with E-state index in [0.29, 0.717) is 5.25 Å². The molecule has 0 N–H and O–H groups in total. The standard InChI is InChI=1S/C9H13NOS/c1-11-7-9(12-2)8-5-3-4-6-10-8/h3-6,9H,7H2,1-2H3. The average Bonchev–Trinajstić information content (AvgIpc) is 2.15. The van der Waals surface area contributed by atoms with E-state index in [2.05, 4.69) is 11.2 Å². The second-order valence-electron chi connectivity index (χ2n) is 2.43. The number of nitrogens with zero attached hydrogens (tertiary/aromatic N) is 1. The van der Waals surface area contributed by atoms with E-state index in [1.165, 1.54) is 0 Å². The summed E-state index contributed by atoms with van der Waals surface area (Å²) in [5, 5.41) is 0.358. The molecule has 0 spiro atoms. The summed E-state index contributed by atoms with van der Waals surface area (Å²) >= 11 is 1.76. The first-order valence-electron chi connectivity index (χ1n) is 3.81. The molecule has 0 fully saturated rings. The second kappa shape index (κ2) is 5.17. The summed E-state index contributed by atoms with van der Waals surface area (Å²) in [4.78, 5) is 4.27. The highest BCUT2D eigenvalue weighted by molar-refractivity contribution is 7.98. The van der Waals surface area contributed by atoms with Gasteiger partial charge in [0.25, 0.3) is 0 Å². The van der Waals surface area contributed by atoms with Crippen molar-refractivity contribution in [1.82, 2.24) is 4.98 Å². The van der Waals surface area contributed by atoms with Crippen molar-refractivity contribution in [3.8, 4) is 0 Å². The molecular weight excluding hydrogens is 170 g/mol. The van der Waals surface area contributed by atoms with Crippen LogP contribution in [-0.2, 0) is 4.74 Å². The van der Waals surface area contributed by atoms with E-state index in [0.717, 1.165) is 12.3 Å². The van der Waals surface area contributed by atoms with Crippen LogP contribution in [0.3, 0.4) is 0 Å². The fourth-order valence-corrected chi connectivity index (χ4v) is 1.65. The maximum atomic E-state index is 5.09. The molecule has 1 atom stereocenters. The predicted molar refractivity (Wildman–Crippen MR) is 52.4 cm³/mol. The predicted octanol–water partition coefficient (Wildman–Crippen LogP) is 2.13. The van der Waals surface area contributed by atoms with Gasteiger partial charge in [0, 0.05) is 13.3 Å². The Morgan fingerprint density at radius 1 is 1.58 bits per heavy atom. The van der Waals surface area contributed by atoms with E-state index >= 15 is 0 Å². The van der Waals surface area contributed by atoms with Gasteiger partial charge in [-0.1, -0.05) is 6.07 Å². The van der Waals surface area contributed by atoms with Gasteiger partial charge in [-0.3, -0.25) is 4.98 Å². The Labute approximate surface area is 77.3 Å². The van der Waals surface area contributed by atoms with Gasteiger partial charge in [-0.2, -0.15) is 11.8 Å². The lowest BCUT2D eigenvalue weighted by Crippen LogP contribution is -2.03. The first kappa shape index (κ1) is 9.55. The minimum atomic E-state index is 0.358. The number of methoxy groups -OCH3 is 1. The highest BCUT2D eigenvalue weighted by Gasteiger charge is 2.09. The maximum absolute atomic E-state index is 5.09. The molecule has 0 aliphatic rings. The SMILES string of the molecule is COCC(SC)c1ccccn1. The lowest BCUT2D eigenvalue weighted by Gasteiger charge is -2.11. The Hall–Kier alpha value is -0.540. The third-order valence-electron chi connectivity index (χ3n) is 1.62. The lowest BCUT2D eigenvalue weighted by atomic mass is 10.3. The Morgan fingerprint density at radius 2 is 2.42 bits per heavy atom. The van der Waals surface area contributed by atoms with Crippen molar-refractivity contribution in [1.29, 1.82) is 0 Å². The largest absolute Gasteiger partial charge is 0.383 e. The molecule has 0 saturated heterocycles. The van der Waals surface area contributed by atoms with Crippen LogP contribution in [0.5, 0.6) is 0 Å². The van der Waals surface area contributed by atoms with Crippen LogP contribution < -0.4 is 0 Å². The molecule has 1 unspecified atom stereocenters. The first-order valence-corrected chi connectivity index (χ1v) is 5.10. The molecule has 0 saturated carbocycles. The summed E-state index contributed by atoms with van der Waals surface area (Å²) in [6.45, 7) is 0.720. The van der Waals surface area contributed by atoms with Crippen LogP contribution in [0.25, 0.3) is 0 Å². The fourth-order valence-electron chi connectivity index (χ4n) is 0.992. The van der Waals surface area contributed by atoms with E-state index in [1.807, 2.05) is 24.4 Å². The summed E-state index contributed by atoms with van der Waals surface area (Å²) in [6, 6.07) is 5.95. The van der Waals surface area contributed by atoms with Gasteiger partial charge in [0.2, 0.25) is 0 Å². The number of aromatic nitrogens is 1. The van der Waals surface area contributed by atoms with E-state index in [-0.39, 0.29) is 0 Å². The number of hydrogen-bond acceptors (Lipinski definition) is 3. The van der Waals surface area contributed by atoms with Crippen LogP contribution >= 0.6 is 11.8 Å². The van der Waals surface area contributed by atoms with Crippen LogP contribution in [0.15, 0.2) is 24.4 Å². The molecule has 3 heteroatoms. The average molecular weight is 183 g/mol. The second-order valence-corrected chi connectivity index (χ2v) is 3.47. The minimum absolute atomic E-state index is 0.358. The lowest BCUT2D eigenvalue weighted by molar-refractivity contribution is 0.199. The normalized spacial score (nSPS) is 12.8. The monoisotopic (exact) mass is 183 g/mol. The smallest absolute Gasteiger partial charge is 0.0700 e. The summed E-state index contributed by atoms with van der Waals surface area (Å²) < 4.78 is 5.09. The van der Waals surface area contributed by atoms with E-state index in [4.69, 9.17) is 4.74 Å². The van der Waals surface area contributed by atoms with Crippen LogP contribution in [0, 0.1) is 0 Å². The molecule has 0 aromatic carbocycles. The van der Waals surface area contributed by atoms with Gasteiger partial charge in [0.05, 0.1) is 17.6 Å². The molecule has 1 heterocycles. The quantitative estimate of drug-likeness (QED) is 0.714. The molecule has 0 aliphatic carbocycles. The van der Waals surface area contributed by atoms with E-state index in [1.54, 1.807) is 18.9 Å². The third kappa shape index (κ3) is 2.50. The van der Waals surface area contributed by atoms with Gasteiger partial charge >= 0.3 is 0 Å². The summed E-state index contributed by atoms with van der Waals surface area (Å²) in [7, 11) is 1.71. The van der Waals surface area contributed by atoms with E-state index in [9.17, 15) is 0 Å². The molecule has 12 heavy (non-hydrogen) atoms. The van der Waals surface area contributed by atoms with Crippen molar-refractivity contribution in [3.63, 3.8) is 0 Å². The van der Waals surface area contributed by atoms with Crippen molar-refractivity contribution in [2.75, 3.05) is 20.0 Å². The van der Waals surface area contributed by atoms with Crippen LogP contribution in [0.1, 0.15) is 10.9 Å². The molecule has 1 rings (SSSR count). The Morgan fingerprint density at radius 3 is 2.92 bits per heavy atom. The summed E-state index contributed by atoms with van der Waals surface area (Å²) in [5.41, 5.74) is 1.09. The zero-order valence-electron chi connectivity index (χ0n) is 7.36. The van der Waals surface area contributed by atoms with Crippen LogP contribution in [-0.4, -0.2) is 25.0 Å². The van der Waals surface area contributed by atoms with Crippen LogP contribution in [0.4, 0.5) is 0 Å². The van der Waals surface area contributed by atoms with Crippen molar-refractivity contribution in [3.05, 3.63) is 30.1 Å². The number of rotatable bonds is 4. The third-order valence-corrected chi connectivity index (χ3v) is 2.57. The molecule has 0 radical (unpaired) electrons. The number of hydrogen-bond donors (Lipinski definition) is 0. The number of thioether (sulfide) groups is 1. The minimum Gasteiger partial charge on any atom is -0.383 e. The molecule has 2 nitrogen and oxygen atoms in total. The van der Waals surface area contributed by atoms with Gasteiger partial charge in [-0.15, -0.1) is 0 Å². The Balaban J connectivity index is 2.66. The van der Waals surface area contributed by atoms with Crippen molar-refractivity contribution < 1.29 is 4.74 Å². The molecule has 1 aromatic heterocycles. The van der Waals surface area contributed by atoms with Gasteiger partial charge in [0.1, 0.15) is 0 Å². The molecule has 0 aliphatic heterocycles. The molecule has 0 amide bonds. The molecule has 66 valence electrons.